The van der Waals surface area contributed by atoms with Crippen LogP contribution in [-0.2, 0) is 9.59 Å². The fourth-order valence-electron chi connectivity index (χ4n) is 3.37. The van der Waals surface area contributed by atoms with E-state index in [1.807, 2.05) is 19.9 Å². The maximum absolute atomic E-state index is 13.1. The molecule has 0 unspecified atom stereocenters. The number of aromatic nitrogens is 2. The Bertz CT molecular complexity index is 886. The number of benzene rings is 1. The van der Waals surface area contributed by atoms with Gasteiger partial charge < -0.3 is 15.3 Å². The summed E-state index contributed by atoms with van der Waals surface area (Å²) in [6, 6.07) is 7.33. The highest BCUT2D eigenvalue weighted by molar-refractivity contribution is 7.09. The van der Waals surface area contributed by atoms with Crippen LogP contribution < -0.4 is 5.32 Å². The normalized spacial score (nSPS) is 18.3. The van der Waals surface area contributed by atoms with Crippen LogP contribution in [0.15, 0.2) is 30.3 Å². The largest absolute Gasteiger partial charge is 0.480 e. The van der Waals surface area contributed by atoms with Gasteiger partial charge in [-0.2, -0.15) is 9.36 Å². The summed E-state index contributed by atoms with van der Waals surface area (Å²) in [5, 5.41) is 12.9. The Kier molecular flexibility index (Phi) is 6.58. The van der Waals surface area contributed by atoms with Crippen molar-refractivity contribution >= 4 is 34.3 Å². The second-order valence-corrected chi connectivity index (χ2v) is 7.91. The molecule has 0 radical (unpaired) electrons. The van der Waals surface area contributed by atoms with Gasteiger partial charge in [0.15, 0.2) is 0 Å². The topological polar surface area (TPSA) is 112 Å². The Labute approximate surface area is 173 Å². The van der Waals surface area contributed by atoms with Crippen LogP contribution in [0.4, 0.5) is 5.13 Å². The second kappa shape index (κ2) is 9.13. The van der Waals surface area contributed by atoms with E-state index in [-0.39, 0.29) is 23.4 Å². The molecule has 0 saturated carbocycles. The molecule has 1 aliphatic rings. The van der Waals surface area contributed by atoms with Gasteiger partial charge in [0.2, 0.25) is 22.6 Å². The molecule has 2 heterocycles. The standard InChI is InChI=1S/C20H24N4O4S/c1-3-12(2)15(18(26)24-11-7-10-14(24)19(27)28)21-20-22-17(23-29-20)16(25)13-8-5-4-6-9-13/h4-6,8-9,12,14-15H,3,7,10-11H2,1-2H3,(H,27,28)(H,21,22,23)/t12-,14-,15-/m0/s1. The number of amides is 1. The number of carbonyl (C=O) groups excluding carboxylic acids is 2. The van der Waals surface area contributed by atoms with Gasteiger partial charge in [0.25, 0.3) is 0 Å². The summed E-state index contributed by atoms with van der Waals surface area (Å²) in [5.41, 5.74) is 0.493. The average molecular weight is 417 g/mol. The lowest BCUT2D eigenvalue weighted by molar-refractivity contribution is -0.148. The first-order valence-corrected chi connectivity index (χ1v) is 10.4. The zero-order chi connectivity index (χ0) is 21.0. The summed E-state index contributed by atoms with van der Waals surface area (Å²) < 4.78 is 4.13. The number of anilines is 1. The van der Waals surface area contributed by atoms with Crippen LogP contribution in [0.1, 0.15) is 49.3 Å². The molecule has 0 bridgehead atoms. The molecular weight excluding hydrogens is 392 g/mol. The van der Waals surface area contributed by atoms with Gasteiger partial charge in [0.05, 0.1) is 0 Å². The van der Waals surface area contributed by atoms with Crippen molar-refractivity contribution in [2.45, 2.75) is 45.2 Å². The second-order valence-electron chi connectivity index (χ2n) is 7.15. The first kappa shape index (κ1) is 20.9. The number of nitrogens with one attached hydrogen (secondary N) is 1. The van der Waals surface area contributed by atoms with E-state index in [1.54, 1.807) is 24.3 Å². The Morgan fingerprint density at radius 2 is 2.03 bits per heavy atom. The van der Waals surface area contributed by atoms with E-state index >= 15 is 0 Å². The number of aliphatic carboxylic acids is 1. The van der Waals surface area contributed by atoms with Crippen molar-refractivity contribution < 1.29 is 19.5 Å². The third kappa shape index (κ3) is 4.61. The number of carbonyl (C=O) groups is 3. The van der Waals surface area contributed by atoms with E-state index in [0.717, 1.165) is 18.0 Å². The minimum absolute atomic E-state index is 0.0466. The Morgan fingerprint density at radius 1 is 1.31 bits per heavy atom. The predicted octanol–water partition coefficient (Wildman–Crippen LogP) is 2.67. The fraction of sp³-hybridized carbons (Fsp3) is 0.450. The predicted molar refractivity (Wildman–Crippen MR) is 109 cm³/mol. The van der Waals surface area contributed by atoms with Gasteiger partial charge in [-0.15, -0.1) is 0 Å². The smallest absolute Gasteiger partial charge is 0.326 e. The maximum atomic E-state index is 13.1. The third-order valence-electron chi connectivity index (χ3n) is 5.24. The van der Waals surface area contributed by atoms with Crippen LogP contribution >= 0.6 is 11.5 Å². The van der Waals surface area contributed by atoms with Crippen LogP contribution in [-0.4, -0.2) is 55.7 Å². The molecule has 1 aromatic carbocycles. The van der Waals surface area contributed by atoms with Gasteiger partial charge in [0, 0.05) is 23.6 Å². The molecule has 2 aromatic rings. The van der Waals surface area contributed by atoms with Crippen LogP contribution in [0.2, 0.25) is 0 Å². The summed E-state index contributed by atoms with van der Waals surface area (Å²) in [6.45, 7) is 4.33. The number of carboxylic acid groups (broad SMARTS) is 1. The van der Waals surface area contributed by atoms with Crippen molar-refractivity contribution in [3.05, 3.63) is 41.7 Å². The lowest BCUT2D eigenvalue weighted by Crippen LogP contribution is -2.50. The molecule has 2 N–H and O–H groups in total. The van der Waals surface area contributed by atoms with Gasteiger partial charge in [-0.05, 0) is 18.8 Å². The Morgan fingerprint density at radius 3 is 2.69 bits per heavy atom. The minimum Gasteiger partial charge on any atom is -0.480 e. The van der Waals surface area contributed by atoms with Crippen molar-refractivity contribution in [3.63, 3.8) is 0 Å². The number of hydrogen-bond acceptors (Lipinski definition) is 7. The monoisotopic (exact) mass is 416 g/mol. The molecule has 1 aliphatic heterocycles. The molecule has 154 valence electrons. The van der Waals surface area contributed by atoms with Crippen molar-refractivity contribution in [1.82, 2.24) is 14.3 Å². The van der Waals surface area contributed by atoms with E-state index in [0.29, 0.717) is 30.1 Å². The number of likely N-dealkylation sites (tertiary alicyclic amines) is 1. The molecule has 1 amide bonds. The summed E-state index contributed by atoms with van der Waals surface area (Å²) in [6.07, 6.45) is 1.86. The SMILES string of the molecule is CC[C@H](C)[C@H](Nc1nc(C(=O)c2ccccc2)ns1)C(=O)N1CCC[C@H]1C(=O)O. The average Bonchev–Trinajstić information content (AvgIpc) is 3.41. The summed E-state index contributed by atoms with van der Waals surface area (Å²) in [5.74, 6) is -1.49. The third-order valence-corrected chi connectivity index (χ3v) is 5.89. The van der Waals surface area contributed by atoms with E-state index in [2.05, 4.69) is 14.7 Å². The van der Waals surface area contributed by atoms with Crippen molar-refractivity contribution in [1.29, 1.82) is 0 Å². The first-order chi connectivity index (χ1) is 13.9. The number of hydrogen-bond donors (Lipinski definition) is 2. The van der Waals surface area contributed by atoms with Gasteiger partial charge in [-0.3, -0.25) is 9.59 Å². The lowest BCUT2D eigenvalue weighted by Gasteiger charge is -2.30. The van der Waals surface area contributed by atoms with E-state index in [1.165, 1.54) is 4.90 Å². The highest BCUT2D eigenvalue weighted by Crippen LogP contribution is 2.24. The van der Waals surface area contributed by atoms with Gasteiger partial charge in [0.1, 0.15) is 12.1 Å². The van der Waals surface area contributed by atoms with Gasteiger partial charge in [-0.1, -0.05) is 50.6 Å². The molecule has 0 aliphatic carbocycles. The lowest BCUT2D eigenvalue weighted by atomic mass is 9.97. The highest BCUT2D eigenvalue weighted by atomic mass is 32.1. The van der Waals surface area contributed by atoms with E-state index < -0.39 is 18.1 Å². The Balaban J connectivity index is 1.78. The van der Waals surface area contributed by atoms with Gasteiger partial charge >= 0.3 is 5.97 Å². The molecular formula is C20H24N4O4S. The van der Waals surface area contributed by atoms with Crippen LogP contribution in [0.3, 0.4) is 0 Å². The quantitative estimate of drug-likeness (QED) is 0.636. The number of rotatable bonds is 8. The Hall–Kier alpha value is -2.81. The molecule has 3 rings (SSSR count). The number of carboxylic acids is 1. The zero-order valence-corrected chi connectivity index (χ0v) is 17.2. The van der Waals surface area contributed by atoms with Gasteiger partial charge in [-0.25, -0.2) is 4.79 Å². The van der Waals surface area contributed by atoms with E-state index in [4.69, 9.17) is 0 Å². The summed E-state index contributed by atoms with van der Waals surface area (Å²) >= 11 is 1.02. The van der Waals surface area contributed by atoms with E-state index in [9.17, 15) is 19.5 Å². The number of ketones is 1. The summed E-state index contributed by atoms with van der Waals surface area (Å²) in [7, 11) is 0. The van der Waals surface area contributed by atoms with Crippen molar-refractivity contribution in [3.8, 4) is 0 Å². The molecule has 3 atom stereocenters. The zero-order valence-electron chi connectivity index (χ0n) is 16.4. The van der Waals surface area contributed by atoms with Crippen molar-refractivity contribution in [2.24, 2.45) is 5.92 Å². The molecule has 9 heteroatoms. The van der Waals surface area contributed by atoms with Crippen LogP contribution in [0.25, 0.3) is 0 Å². The molecule has 1 fully saturated rings. The molecule has 29 heavy (non-hydrogen) atoms. The molecule has 0 spiro atoms. The van der Waals surface area contributed by atoms with Crippen LogP contribution in [0.5, 0.6) is 0 Å². The minimum atomic E-state index is -0.981. The van der Waals surface area contributed by atoms with Crippen molar-refractivity contribution in [2.75, 3.05) is 11.9 Å². The maximum Gasteiger partial charge on any atom is 0.326 e. The molecule has 1 saturated heterocycles. The fourth-order valence-corrected chi connectivity index (χ4v) is 3.98. The highest BCUT2D eigenvalue weighted by Gasteiger charge is 2.38. The first-order valence-electron chi connectivity index (χ1n) is 9.65. The molecule has 1 aromatic heterocycles. The summed E-state index contributed by atoms with van der Waals surface area (Å²) in [4.78, 5) is 42.8. The number of nitrogens with zero attached hydrogens (tertiary/aromatic N) is 3. The van der Waals surface area contributed by atoms with Crippen LogP contribution in [0, 0.1) is 5.92 Å². The molecule has 8 nitrogen and oxygen atoms in total.